The van der Waals surface area contributed by atoms with Crippen molar-refractivity contribution in [2.45, 2.75) is 19.9 Å². The Labute approximate surface area is 76.3 Å². The highest BCUT2D eigenvalue weighted by molar-refractivity contribution is 6.31. The van der Waals surface area contributed by atoms with Gasteiger partial charge in [0.1, 0.15) is 5.82 Å². The average molecular weight is 188 g/mol. The van der Waals surface area contributed by atoms with Gasteiger partial charge in [0.25, 0.3) is 0 Å². The molecular formula is C9H11ClFN. The number of hydrogen-bond acceptors (Lipinski definition) is 1. The Hall–Kier alpha value is -0.600. The standard InChI is InChI=1S/C9H11ClFN/c1-5-3-7(6(2)12)8(10)4-9(5)11/h3-4,6H,12H2,1-2H3/t6-/m1/s1. The van der Waals surface area contributed by atoms with E-state index in [0.29, 0.717) is 10.6 Å². The van der Waals surface area contributed by atoms with Crippen molar-refractivity contribution in [2.24, 2.45) is 5.73 Å². The Balaban J connectivity index is 3.23. The summed E-state index contributed by atoms with van der Waals surface area (Å²) < 4.78 is 12.9. The first-order valence-electron chi connectivity index (χ1n) is 3.73. The third kappa shape index (κ3) is 1.76. The smallest absolute Gasteiger partial charge is 0.127 e. The van der Waals surface area contributed by atoms with E-state index in [1.165, 1.54) is 6.07 Å². The zero-order valence-corrected chi connectivity index (χ0v) is 7.82. The predicted octanol–water partition coefficient (Wildman–Crippen LogP) is 2.81. The Kier molecular flexibility index (Phi) is 2.70. The van der Waals surface area contributed by atoms with Crippen LogP contribution >= 0.6 is 11.6 Å². The summed E-state index contributed by atoms with van der Waals surface area (Å²) >= 11 is 5.78. The molecule has 1 aromatic carbocycles. The van der Waals surface area contributed by atoms with Crippen molar-refractivity contribution >= 4 is 11.6 Å². The quantitative estimate of drug-likeness (QED) is 0.719. The van der Waals surface area contributed by atoms with Crippen molar-refractivity contribution in [3.8, 4) is 0 Å². The van der Waals surface area contributed by atoms with Gasteiger partial charge in [0.2, 0.25) is 0 Å². The largest absolute Gasteiger partial charge is 0.324 e. The highest BCUT2D eigenvalue weighted by atomic mass is 35.5. The van der Waals surface area contributed by atoms with Gasteiger partial charge in [-0.3, -0.25) is 0 Å². The van der Waals surface area contributed by atoms with Gasteiger partial charge in [0, 0.05) is 11.1 Å². The normalized spacial score (nSPS) is 13.1. The molecule has 0 heterocycles. The fourth-order valence-corrected chi connectivity index (χ4v) is 1.35. The topological polar surface area (TPSA) is 26.0 Å². The van der Waals surface area contributed by atoms with Crippen molar-refractivity contribution in [2.75, 3.05) is 0 Å². The zero-order valence-electron chi connectivity index (χ0n) is 7.07. The van der Waals surface area contributed by atoms with Crippen molar-refractivity contribution in [3.63, 3.8) is 0 Å². The van der Waals surface area contributed by atoms with Crippen LogP contribution in [0.15, 0.2) is 12.1 Å². The summed E-state index contributed by atoms with van der Waals surface area (Å²) in [7, 11) is 0. The van der Waals surface area contributed by atoms with E-state index in [9.17, 15) is 4.39 Å². The van der Waals surface area contributed by atoms with E-state index in [2.05, 4.69) is 0 Å². The first kappa shape index (κ1) is 9.49. The van der Waals surface area contributed by atoms with Gasteiger partial charge in [-0.15, -0.1) is 0 Å². The highest BCUT2D eigenvalue weighted by Gasteiger charge is 2.08. The summed E-state index contributed by atoms with van der Waals surface area (Å²) in [6.07, 6.45) is 0. The van der Waals surface area contributed by atoms with Crippen molar-refractivity contribution < 1.29 is 4.39 Å². The molecule has 1 atom stereocenters. The molecule has 0 aliphatic carbocycles. The molecule has 66 valence electrons. The van der Waals surface area contributed by atoms with Gasteiger partial charge in [-0.1, -0.05) is 17.7 Å². The summed E-state index contributed by atoms with van der Waals surface area (Å²) in [5.74, 6) is -0.288. The lowest BCUT2D eigenvalue weighted by Crippen LogP contribution is -2.06. The summed E-state index contributed by atoms with van der Waals surface area (Å²) in [5.41, 5.74) is 6.99. The molecule has 0 radical (unpaired) electrons. The molecule has 2 N–H and O–H groups in total. The van der Waals surface area contributed by atoms with Gasteiger partial charge in [0.05, 0.1) is 0 Å². The van der Waals surface area contributed by atoms with E-state index in [0.717, 1.165) is 5.56 Å². The lowest BCUT2D eigenvalue weighted by molar-refractivity contribution is 0.616. The fraction of sp³-hybridized carbons (Fsp3) is 0.333. The molecule has 0 aliphatic rings. The summed E-state index contributed by atoms with van der Waals surface area (Å²) in [6.45, 7) is 3.51. The average Bonchev–Trinajstić information content (AvgIpc) is 1.96. The lowest BCUT2D eigenvalue weighted by atomic mass is 10.1. The molecule has 0 saturated carbocycles. The van der Waals surface area contributed by atoms with Crippen molar-refractivity contribution in [1.29, 1.82) is 0 Å². The van der Waals surface area contributed by atoms with Crippen LogP contribution < -0.4 is 5.73 Å². The third-order valence-corrected chi connectivity index (χ3v) is 2.10. The van der Waals surface area contributed by atoms with Crippen LogP contribution in [0.1, 0.15) is 24.1 Å². The van der Waals surface area contributed by atoms with E-state index < -0.39 is 0 Å². The summed E-state index contributed by atoms with van der Waals surface area (Å²) in [6, 6.07) is 2.83. The highest BCUT2D eigenvalue weighted by Crippen LogP contribution is 2.24. The summed E-state index contributed by atoms with van der Waals surface area (Å²) in [4.78, 5) is 0. The maximum absolute atomic E-state index is 12.9. The minimum absolute atomic E-state index is 0.156. The molecule has 0 aliphatic heterocycles. The van der Waals surface area contributed by atoms with E-state index in [1.807, 2.05) is 6.92 Å². The Morgan fingerprint density at radius 1 is 1.50 bits per heavy atom. The molecule has 0 fully saturated rings. The molecule has 1 aromatic rings. The number of halogens is 2. The molecular weight excluding hydrogens is 177 g/mol. The Bertz CT molecular complexity index is 297. The number of benzene rings is 1. The van der Waals surface area contributed by atoms with E-state index in [1.54, 1.807) is 13.0 Å². The van der Waals surface area contributed by atoms with Crippen LogP contribution in [0.3, 0.4) is 0 Å². The van der Waals surface area contributed by atoms with Crippen LogP contribution in [0.25, 0.3) is 0 Å². The fourth-order valence-electron chi connectivity index (χ4n) is 1.03. The molecule has 1 nitrogen and oxygen atoms in total. The molecule has 0 aromatic heterocycles. The lowest BCUT2D eigenvalue weighted by Gasteiger charge is -2.09. The third-order valence-electron chi connectivity index (χ3n) is 1.77. The van der Waals surface area contributed by atoms with Gasteiger partial charge in [-0.25, -0.2) is 4.39 Å². The molecule has 0 amide bonds. The number of rotatable bonds is 1. The number of aryl methyl sites for hydroxylation is 1. The molecule has 12 heavy (non-hydrogen) atoms. The van der Waals surface area contributed by atoms with Crippen LogP contribution in [0.4, 0.5) is 4.39 Å². The zero-order chi connectivity index (χ0) is 9.30. The maximum Gasteiger partial charge on any atom is 0.127 e. The number of hydrogen-bond donors (Lipinski definition) is 1. The molecule has 0 bridgehead atoms. The van der Waals surface area contributed by atoms with Gasteiger partial charge >= 0.3 is 0 Å². The van der Waals surface area contributed by atoms with Crippen molar-refractivity contribution in [1.82, 2.24) is 0 Å². The second kappa shape index (κ2) is 3.42. The van der Waals surface area contributed by atoms with Crippen LogP contribution in [0.5, 0.6) is 0 Å². The van der Waals surface area contributed by atoms with Gasteiger partial charge in [-0.05, 0) is 31.0 Å². The first-order valence-corrected chi connectivity index (χ1v) is 4.11. The van der Waals surface area contributed by atoms with Crippen LogP contribution in [0.2, 0.25) is 5.02 Å². The molecule has 1 rings (SSSR count). The monoisotopic (exact) mass is 187 g/mol. The Morgan fingerprint density at radius 2 is 2.08 bits per heavy atom. The SMILES string of the molecule is Cc1cc([C@@H](C)N)c(Cl)cc1F. The second-order valence-electron chi connectivity index (χ2n) is 2.91. The molecule has 0 saturated heterocycles. The number of nitrogens with two attached hydrogens (primary N) is 1. The molecule has 3 heteroatoms. The minimum atomic E-state index is -0.288. The predicted molar refractivity (Wildman–Crippen MR) is 48.7 cm³/mol. The van der Waals surface area contributed by atoms with Crippen LogP contribution in [-0.4, -0.2) is 0 Å². The first-order chi connectivity index (χ1) is 5.52. The Morgan fingerprint density at radius 3 is 2.58 bits per heavy atom. The van der Waals surface area contributed by atoms with Crippen LogP contribution in [-0.2, 0) is 0 Å². The van der Waals surface area contributed by atoms with E-state index in [-0.39, 0.29) is 11.9 Å². The van der Waals surface area contributed by atoms with Gasteiger partial charge in [-0.2, -0.15) is 0 Å². The second-order valence-corrected chi connectivity index (χ2v) is 3.32. The van der Waals surface area contributed by atoms with Crippen LogP contribution in [0, 0.1) is 12.7 Å². The summed E-state index contributed by atoms with van der Waals surface area (Å²) in [5, 5.41) is 0.396. The van der Waals surface area contributed by atoms with E-state index >= 15 is 0 Å². The molecule has 0 spiro atoms. The van der Waals surface area contributed by atoms with Crippen molar-refractivity contribution in [3.05, 3.63) is 34.1 Å². The van der Waals surface area contributed by atoms with E-state index in [4.69, 9.17) is 17.3 Å². The maximum atomic E-state index is 12.9. The minimum Gasteiger partial charge on any atom is -0.324 e. The van der Waals surface area contributed by atoms with Gasteiger partial charge in [0.15, 0.2) is 0 Å². The molecule has 0 unspecified atom stereocenters. The van der Waals surface area contributed by atoms with Gasteiger partial charge < -0.3 is 5.73 Å².